The number of anilines is 1. The molecule has 2 aliphatic heterocycles. The van der Waals surface area contributed by atoms with Crippen LogP contribution in [-0.2, 0) is 11.3 Å². The van der Waals surface area contributed by atoms with Gasteiger partial charge in [0.25, 0.3) is 5.91 Å². The maximum Gasteiger partial charge on any atom is 0.254 e. The van der Waals surface area contributed by atoms with E-state index in [1.165, 1.54) is 11.6 Å². The maximum atomic E-state index is 14.7. The summed E-state index contributed by atoms with van der Waals surface area (Å²) in [5.41, 5.74) is 2.24. The quantitative estimate of drug-likeness (QED) is 0.795. The Hall–Kier alpha value is -2.44. The van der Waals surface area contributed by atoms with Gasteiger partial charge in [-0.2, -0.15) is 0 Å². The van der Waals surface area contributed by atoms with Gasteiger partial charge in [-0.3, -0.25) is 9.69 Å². The lowest BCUT2D eigenvalue weighted by Crippen LogP contribution is -2.53. The first-order valence-corrected chi connectivity index (χ1v) is 10.3. The highest BCUT2D eigenvalue weighted by molar-refractivity contribution is 5.95. The van der Waals surface area contributed by atoms with Gasteiger partial charge in [-0.25, -0.2) is 4.39 Å². The molecule has 2 aromatic rings. The molecule has 0 spiro atoms. The average Bonchev–Trinajstić information content (AvgIpc) is 2.75. The molecule has 0 saturated carbocycles. The first kappa shape index (κ1) is 19.9. The molecule has 0 radical (unpaired) electrons. The Morgan fingerprint density at radius 3 is 2.52 bits per heavy atom. The van der Waals surface area contributed by atoms with E-state index in [0.717, 1.165) is 19.6 Å². The highest BCUT2D eigenvalue weighted by Gasteiger charge is 2.28. The smallest absolute Gasteiger partial charge is 0.254 e. The van der Waals surface area contributed by atoms with Gasteiger partial charge in [0.2, 0.25) is 0 Å². The lowest BCUT2D eigenvalue weighted by atomic mass is 10.1. The predicted octanol–water partition coefficient (Wildman–Crippen LogP) is 3.01. The number of amides is 1. The van der Waals surface area contributed by atoms with Crippen molar-refractivity contribution in [3.8, 4) is 0 Å². The van der Waals surface area contributed by atoms with Crippen molar-refractivity contribution in [2.75, 3.05) is 50.8 Å². The van der Waals surface area contributed by atoms with Gasteiger partial charge in [0, 0.05) is 50.9 Å². The number of ether oxygens (including phenoxy) is 1. The monoisotopic (exact) mass is 397 g/mol. The van der Waals surface area contributed by atoms with Crippen molar-refractivity contribution in [3.63, 3.8) is 0 Å². The Kier molecular flexibility index (Phi) is 6.11. The van der Waals surface area contributed by atoms with Crippen molar-refractivity contribution in [1.29, 1.82) is 0 Å². The molecule has 1 atom stereocenters. The molecule has 0 N–H and O–H groups in total. The van der Waals surface area contributed by atoms with Gasteiger partial charge in [-0.15, -0.1) is 0 Å². The van der Waals surface area contributed by atoms with Gasteiger partial charge in [0.1, 0.15) is 5.82 Å². The summed E-state index contributed by atoms with van der Waals surface area (Å²) in [4.78, 5) is 19.2. The number of carbonyl (C=O) groups excluding carboxylic acids is 1. The summed E-state index contributed by atoms with van der Waals surface area (Å²) in [6.45, 7) is 7.78. The molecule has 5 nitrogen and oxygen atoms in total. The standard InChI is InChI=1S/C23H28FN3O2/c1-18-16-25(17-19-5-3-2-4-6-19)9-10-27(18)23(28)20-7-8-22(21(24)15-20)26-11-13-29-14-12-26/h2-8,15,18H,9-14,16-17H2,1H3/t18-/m1/s1. The van der Waals surface area contributed by atoms with E-state index in [1.54, 1.807) is 12.1 Å². The summed E-state index contributed by atoms with van der Waals surface area (Å²) in [5.74, 6) is -0.433. The zero-order valence-electron chi connectivity index (χ0n) is 16.9. The number of morpholine rings is 1. The van der Waals surface area contributed by atoms with E-state index < -0.39 is 0 Å². The van der Waals surface area contributed by atoms with E-state index >= 15 is 0 Å². The normalized spacial score (nSPS) is 20.7. The van der Waals surface area contributed by atoms with Crippen LogP contribution in [0.1, 0.15) is 22.8 Å². The van der Waals surface area contributed by atoms with Crippen molar-refractivity contribution >= 4 is 11.6 Å². The molecule has 6 heteroatoms. The third-order valence-corrected chi connectivity index (χ3v) is 5.77. The number of hydrogen-bond acceptors (Lipinski definition) is 4. The number of carbonyl (C=O) groups is 1. The van der Waals surface area contributed by atoms with Crippen molar-refractivity contribution in [2.24, 2.45) is 0 Å². The number of halogens is 1. The SMILES string of the molecule is C[C@@H]1CN(Cc2ccccc2)CCN1C(=O)c1ccc(N2CCOCC2)c(F)c1. The van der Waals surface area contributed by atoms with E-state index in [0.29, 0.717) is 44.1 Å². The fourth-order valence-corrected chi connectivity index (χ4v) is 4.19. The van der Waals surface area contributed by atoms with Crippen molar-refractivity contribution in [3.05, 3.63) is 65.5 Å². The van der Waals surface area contributed by atoms with Gasteiger partial charge in [-0.05, 0) is 30.7 Å². The average molecular weight is 397 g/mol. The fourth-order valence-electron chi connectivity index (χ4n) is 4.19. The molecule has 2 saturated heterocycles. The first-order chi connectivity index (χ1) is 14.1. The summed E-state index contributed by atoms with van der Waals surface area (Å²) in [7, 11) is 0. The summed E-state index contributed by atoms with van der Waals surface area (Å²) >= 11 is 0. The van der Waals surface area contributed by atoms with Crippen LogP contribution in [0.5, 0.6) is 0 Å². The second-order valence-corrected chi connectivity index (χ2v) is 7.83. The second kappa shape index (κ2) is 8.93. The first-order valence-electron chi connectivity index (χ1n) is 10.3. The van der Waals surface area contributed by atoms with Crippen molar-refractivity contribution in [1.82, 2.24) is 9.80 Å². The lowest BCUT2D eigenvalue weighted by molar-refractivity contribution is 0.0475. The Morgan fingerprint density at radius 1 is 1.07 bits per heavy atom. The van der Waals surface area contributed by atoms with Crippen LogP contribution in [0.2, 0.25) is 0 Å². The Morgan fingerprint density at radius 2 is 1.83 bits per heavy atom. The van der Waals surface area contributed by atoms with Gasteiger partial charge >= 0.3 is 0 Å². The largest absolute Gasteiger partial charge is 0.378 e. The Balaban J connectivity index is 1.40. The molecule has 2 fully saturated rings. The van der Waals surface area contributed by atoms with Gasteiger partial charge in [0.15, 0.2) is 0 Å². The van der Waals surface area contributed by atoms with E-state index in [1.807, 2.05) is 28.0 Å². The maximum absolute atomic E-state index is 14.7. The fraction of sp³-hybridized carbons (Fsp3) is 0.435. The van der Waals surface area contributed by atoms with Crippen LogP contribution >= 0.6 is 0 Å². The highest BCUT2D eigenvalue weighted by atomic mass is 19.1. The number of rotatable bonds is 4. The minimum absolute atomic E-state index is 0.0851. The molecule has 2 heterocycles. The minimum Gasteiger partial charge on any atom is -0.378 e. The van der Waals surface area contributed by atoms with Crippen molar-refractivity contribution in [2.45, 2.75) is 19.5 Å². The van der Waals surface area contributed by atoms with E-state index in [2.05, 4.69) is 24.0 Å². The van der Waals surface area contributed by atoms with Crippen LogP contribution in [-0.4, -0.2) is 67.7 Å². The zero-order chi connectivity index (χ0) is 20.2. The topological polar surface area (TPSA) is 36.0 Å². The molecular formula is C23H28FN3O2. The number of piperazine rings is 1. The number of nitrogens with zero attached hydrogens (tertiary/aromatic N) is 3. The van der Waals surface area contributed by atoms with Crippen LogP contribution in [0, 0.1) is 5.82 Å². The van der Waals surface area contributed by atoms with Crippen molar-refractivity contribution < 1.29 is 13.9 Å². The molecule has 154 valence electrons. The summed E-state index contributed by atoms with van der Waals surface area (Å²) in [6, 6.07) is 15.3. The highest BCUT2D eigenvalue weighted by Crippen LogP contribution is 2.23. The summed E-state index contributed by atoms with van der Waals surface area (Å²) in [5, 5.41) is 0. The van der Waals surface area contributed by atoms with Crippen LogP contribution in [0.15, 0.2) is 48.5 Å². The van der Waals surface area contributed by atoms with Gasteiger partial charge in [0.05, 0.1) is 18.9 Å². The molecule has 0 unspecified atom stereocenters. The van der Waals surface area contributed by atoms with E-state index in [4.69, 9.17) is 4.74 Å². The third-order valence-electron chi connectivity index (χ3n) is 5.77. The number of hydrogen-bond donors (Lipinski definition) is 0. The zero-order valence-corrected chi connectivity index (χ0v) is 16.9. The Bertz CT molecular complexity index is 839. The predicted molar refractivity (Wildman–Crippen MR) is 112 cm³/mol. The Labute approximate surface area is 171 Å². The summed E-state index contributed by atoms with van der Waals surface area (Å²) in [6.07, 6.45) is 0. The van der Waals surface area contributed by atoms with Crippen LogP contribution in [0.25, 0.3) is 0 Å². The van der Waals surface area contributed by atoms with Gasteiger partial charge in [-0.1, -0.05) is 30.3 Å². The van der Waals surface area contributed by atoms with Crippen LogP contribution < -0.4 is 4.90 Å². The summed E-state index contributed by atoms with van der Waals surface area (Å²) < 4.78 is 20.0. The third kappa shape index (κ3) is 4.60. The molecule has 29 heavy (non-hydrogen) atoms. The molecule has 4 rings (SSSR count). The molecule has 2 aliphatic rings. The van der Waals surface area contributed by atoms with Crippen LogP contribution in [0.4, 0.5) is 10.1 Å². The minimum atomic E-state index is -0.340. The van der Waals surface area contributed by atoms with Crippen LogP contribution in [0.3, 0.4) is 0 Å². The molecule has 1 amide bonds. The molecular weight excluding hydrogens is 369 g/mol. The second-order valence-electron chi connectivity index (χ2n) is 7.83. The van der Waals surface area contributed by atoms with E-state index in [9.17, 15) is 9.18 Å². The molecule has 0 bridgehead atoms. The number of benzene rings is 2. The molecule has 0 aromatic heterocycles. The molecule has 2 aromatic carbocycles. The van der Waals surface area contributed by atoms with Gasteiger partial charge < -0.3 is 14.5 Å². The lowest BCUT2D eigenvalue weighted by Gasteiger charge is -2.40. The van der Waals surface area contributed by atoms with E-state index in [-0.39, 0.29) is 17.8 Å². The molecule has 0 aliphatic carbocycles.